The summed E-state index contributed by atoms with van der Waals surface area (Å²) in [6, 6.07) is 16.4. The summed E-state index contributed by atoms with van der Waals surface area (Å²) in [7, 11) is 0. The summed E-state index contributed by atoms with van der Waals surface area (Å²) < 4.78 is 28.1. The maximum absolute atomic E-state index is 14.3. The Balaban J connectivity index is 2.01. The number of benzene rings is 4. The van der Waals surface area contributed by atoms with Gasteiger partial charge in [0.15, 0.2) is 6.17 Å². The molecular formula is C20H14F2. The van der Waals surface area contributed by atoms with E-state index in [4.69, 9.17) is 0 Å². The molecule has 0 aromatic heterocycles. The molecular weight excluding hydrogens is 278 g/mol. The van der Waals surface area contributed by atoms with E-state index in [9.17, 15) is 8.78 Å². The number of hydrogen-bond acceptors (Lipinski definition) is 0. The summed E-state index contributed by atoms with van der Waals surface area (Å²) >= 11 is 0. The maximum atomic E-state index is 14.3. The van der Waals surface area contributed by atoms with Crippen molar-refractivity contribution in [2.24, 2.45) is 0 Å². The van der Waals surface area contributed by atoms with E-state index in [0.717, 1.165) is 16.3 Å². The van der Waals surface area contributed by atoms with Crippen LogP contribution in [0.3, 0.4) is 0 Å². The number of aryl methyl sites for hydroxylation is 1. The van der Waals surface area contributed by atoms with Crippen LogP contribution in [0.15, 0.2) is 48.5 Å². The van der Waals surface area contributed by atoms with Crippen molar-refractivity contribution in [1.29, 1.82) is 0 Å². The molecule has 1 aliphatic rings. The van der Waals surface area contributed by atoms with Crippen LogP contribution in [-0.2, 0) is 6.42 Å². The molecule has 0 heterocycles. The average Bonchev–Trinajstić information content (AvgIpc) is 2.56. The molecule has 2 atom stereocenters. The SMILES string of the molecule is FC1CCc2c(cc3ccc4cccc5ccc2c3c45)C1F. The van der Waals surface area contributed by atoms with Crippen molar-refractivity contribution < 1.29 is 8.78 Å². The molecule has 5 rings (SSSR count). The first-order chi connectivity index (χ1) is 10.7. The Kier molecular flexibility index (Phi) is 2.33. The van der Waals surface area contributed by atoms with Crippen LogP contribution in [-0.4, -0.2) is 6.17 Å². The first-order valence-electron chi connectivity index (χ1n) is 7.71. The highest BCUT2D eigenvalue weighted by Gasteiger charge is 2.31. The van der Waals surface area contributed by atoms with Crippen molar-refractivity contribution in [2.45, 2.75) is 25.2 Å². The van der Waals surface area contributed by atoms with Gasteiger partial charge >= 0.3 is 0 Å². The minimum Gasteiger partial charge on any atom is -0.244 e. The Morgan fingerprint density at radius 1 is 0.818 bits per heavy atom. The van der Waals surface area contributed by atoms with Crippen molar-refractivity contribution in [3.63, 3.8) is 0 Å². The summed E-state index contributed by atoms with van der Waals surface area (Å²) in [5, 5.41) is 6.93. The predicted molar refractivity (Wildman–Crippen MR) is 87.2 cm³/mol. The molecule has 4 aromatic rings. The number of alkyl halides is 2. The van der Waals surface area contributed by atoms with Crippen LogP contribution in [0.2, 0.25) is 0 Å². The highest BCUT2D eigenvalue weighted by Crippen LogP contribution is 2.43. The van der Waals surface area contributed by atoms with Crippen molar-refractivity contribution in [3.8, 4) is 0 Å². The number of hydrogen-bond donors (Lipinski definition) is 0. The highest BCUT2D eigenvalue weighted by molar-refractivity contribution is 6.23. The molecule has 0 bridgehead atoms. The second-order valence-corrected chi connectivity index (χ2v) is 6.26. The van der Waals surface area contributed by atoms with E-state index >= 15 is 0 Å². The Labute approximate surface area is 126 Å². The molecule has 0 saturated carbocycles. The van der Waals surface area contributed by atoms with E-state index < -0.39 is 12.3 Å². The third-order valence-electron chi connectivity index (χ3n) is 5.08. The smallest absolute Gasteiger partial charge is 0.156 e. The lowest BCUT2D eigenvalue weighted by molar-refractivity contribution is 0.149. The van der Waals surface area contributed by atoms with Gasteiger partial charge in [0, 0.05) is 0 Å². The van der Waals surface area contributed by atoms with Crippen molar-refractivity contribution in [1.82, 2.24) is 0 Å². The molecule has 0 spiro atoms. The molecule has 1 aliphatic carbocycles. The highest BCUT2D eigenvalue weighted by atomic mass is 19.2. The normalized spacial score (nSPS) is 21.7. The fourth-order valence-corrected chi connectivity index (χ4v) is 4.04. The molecule has 0 fully saturated rings. The van der Waals surface area contributed by atoms with Gasteiger partial charge in [0.25, 0.3) is 0 Å². The first kappa shape index (κ1) is 12.3. The van der Waals surface area contributed by atoms with Gasteiger partial charge in [0.2, 0.25) is 0 Å². The lowest BCUT2D eigenvalue weighted by atomic mass is 9.82. The second-order valence-electron chi connectivity index (χ2n) is 6.26. The van der Waals surface area contributed by atoms with Gasteiger partial charge < -0.3 is 0 Å². The lowest BCUT2D eigenvalue weighted by Gasteiger charge is -2.26. The van der Waals surface area contributed by atoms with Gasteiger partial charge in [0.1, 0.15) is 6.17 Å². The van der Waals surface area contributed by atoms with Crippen LogP contribution in [0.1, 0.15) is 23.7 Å². The average molecular weight is 292 g/mol. The van der Waals surface area contributed by atoms with Gasteiger partial charge in [-0.2, -0.15) is 0 Å². The zero-order valence-electron chi connectivity index (χ0n) is 11.9. The molecule has 22 heavy (non-hydrogen) atoms. The number of halogens is 2. The van der Waals surface area contributed by atoms with Crippen LogP contribution in [0.25, 0.3) is 32.3 Å². The van der Waals surface area contributed by atoms with Gasteiger partial charge in [-0.05, 0) is 62.4 Å². The number of rotatable bonds is 0. The van der Waals surface area contributed by atoms with Gasteiger partial charge in [0.05, 0.1) is 0 Å². The van der Waals surface area contributed by atoms with Crippen LogP contribution < -0.4 is 0 Å². The minimum absolute atomic E-state index is 0.276. The largest absolute Gasteiger partial charge is 0.244 e. The zero-order chi connectivity index (χ0) is 14.8. The summed E-state index contributed by atoms with van der Waals surface area (Å²) in [6.45, 7) is 0. The quantitative estimate of drug-likeness (QED) is 0.355. The van der Waals surface area contributed by atoms with Gasteiger partial charge in [-0.3, -0.25) is 0 Å². The summed E-state index contributed by atoms with van der Waals surface area (Å²) in [5.41, 5.74) is 1.54. The molecule has 0 aliphatic heterocycles. The Morgan fingerprint density at radius 2 is 1.55 bits per heavy atom. The van der Waals surface area contributed by atoms with Gasteiger partial charge in [-0.15, -0.1) is 0 Å². The summed E-state index contributed by atoms with van der Waals surface area (Å²) in [5.74, 6) is 0. The topological polar surface area (TPSA) is 0 Å². The Bertz CT molecular complexity index is 1000. The van der Waals surface area contributed by atoms with E-state index in [1.807, 2.05) is 12.1 Å². The van der Waals surface area contributed by atoms with Crippen LogP contribution >= 0.6 is 0 Å². The summed E-state index contributed by atoms with van der Waals surface area (Å²) in [4.78, 5) is 0. The van der Waals surface area contributed by atoms with E-state index in [-0.39, 0.29) is 6.42 Å². The van der Waals surface area contributed by atoms with Crippen LogP contribution in [0.4, 0.5) is 8.78 Å². The number of fused-ring (bicyclic) bond motifs is 2. The molecule has 2 unspecified atom stereocenters. The fraction of sp³-hybridized carbons (Fsp3) is 0.200. The molecule has 0 saturated heterocycles. The molecule has 108 valence electrons. The van der Waals surface area contributed by atoms with Crippen molar-refractivity contribution >= 4 is 32.3 Å². The molecule has 0 radical (unpaired) electrons. The molecule has 0 N–H and O–H groups in total. The van der Waals surface area contributed by atoms with Gasteiger partial charge in [-0.25, -0.2) is 8.78 Å². The molecule has 4 aromatic carbocycles. The maximum Gasteiger partial charge on any atom is 0.156 e. The van der Waals surface area contributed by atoms with E-state index in [2.05, 4.69) is 36.4 Å². The van der Waals surface area contributed by atoms with E-state index in [1.54, 1.807) is 0 Å². The molecule has 0 nitrogen and oxygen atoms in total. The predicted octanol–water partition coefficient (Wildman–Crippen LogP) is 5.88. The minimum atomic E-state index is -1.49. The zero-order valence-corrected chi connectivity index (χ0v) is 11.9. The Hall–Kier alpha value is -2.22. The lowest BCUT2D eigenvalue weighted by Crippen LogP contribution is -2.18. The Morgan fingerprint density at radius 3 is 2.36 bits per heavy atom. The third-order valence-corrected chi connectivity index (χ3v) is 5.08. The van der Waals surface area contributed by atoms with E-state index in [0.29, 0.717) is 12.0 Å². The summed E-state index contributed by atoms with van der Waals surface area (Å²) in [6.07, 6.45) is -1.98. The van der Waals surface area contributed by atoms with Crippen molar-refractivity contribution in [2.75, 3.05) is 0 Å². The third kappa shape index (κ3) is 1.45. The second kappa shape index (κ2) is 4.16. The van der Waals surface area contributed by atoms with E-state index in [1.165, 1.54) is 21.5 Å². The fourth-order valence-electron chi connectivity index (χ4n) is 4.04. The molecule has 2 heteroatoms. The van der Waals surface area contributed by atoms with Crippen molar-refractivity contribution in [3.05, 3.63) is 59.7 Å². The monoisotopic (exact) mass is 292 g/mol. The van der Waals surface area contributed by atoms with Crippen LogP contribution in [0, 0.1) is 0 Å². The van der Waals surface area contributed by atoms with Crippen LogP contribution in [0.5, 0.6) is 0 Å². The van der Waals surface area contributed by atoms with Gasteiger partial charge in [-0.1, -0.05) is 42.5 Å². The first-order valence-corrected chi connectivity index (χ1v) is 7.71. The molecule has 0 amide bonds. The standard InChI is InChI=1S/C20H14F2/c21-17-9-8-14-15-7-6-12-3-1-2-11-4-5-13(19(15)18(11)12)10-16(14)20(17)22/h1-7,10,17,20H,8-9H2.